The van der Waals surface area contributed by atoms with Crippen molar-refractivity contribution in [1.29, 1.82) is 0 Å². The summed E-state index contributed by atoms with van der Waals surface area (Å²) >= 11 is 0. The molecule has 0 bridgehead atoms. The molecule has 3 N–H and O–H groups in total. The molecular formula is C10H20N2O. The molecule has 2 aliphatic rings. The fourth-order valence-corrected chi connectivity index (χ4v) is 2.45. The Morgan fingerprint density at radius 1 is 1.31 bits per heavy atom. The van der Waals surface area contributed by atoms with Crippen molar-refractivity contribution < 1.29 is 4.74 Å². The molecule has 2 aliphatic heterocycles. The highest BCUT2D eigenvalue weighted by Gasteiger charge is 2.36. The molecule has 13 heavy (non-hydrogen) atoms. The Hall–Kier alpha value is -0.120. The molecule has 0 amide bonds. The summed E-state index contributed by atoms with van der Waals surface area (Å²) in [7, 11) is 0. The average Bonchev–Trinajstić information content (AvgIpc) is 2.20. The monoisotopic (exact) mass is 184 g/mol. The molecule has 0 saturated carbocycles. The Kier molecular flexibility index (Phi) is 2.86. The van der Waals surface area contributed by atoms with Crippen LogP contribution in [0.3, 0.4) is 0 Å². The van der Waals surface area contributed by atoms with Crippen LogP contribution in [0.4, 0.5) is 0 Å². The molecule has 0 aromatic carbocycles. The Bertz CT molecular complexity index is 156. The highest BCUT2D eigenvalue weighted by atomic mass is 16.5. The number of rotatable bonds is 1. The zero-order valence-electron chi connectivity index (χ0n) is 8.22. The van der Waals surface area contributed by atoms with Gasteiger partial charge in [0.25, 0.3) is 0 Å². The lowest BCUT2D eigenvalue weighted by Gasteiger charge is -2.42. The van der Waals surface area contributed by atoms with Gasteiger partial charge in [0.15, 0.2) is 0 Å². The van der Waals surface area contributed by atoms with Gasteiger partial charge in [-0.1, -0.05) is 0 Å². The summed E-state index contributed by atoms with van der Waals surface area (Å²) in [6.45, 7) is 3.96. The zero-order valence-corrected chi connectivity index (χ0v) is 8.22. The first-order valence-corrected chi connectivity index (χ1v) is 5.37. The smallest absolute Gasteiger partial charge is 0.0697 e. The van der Waals surface area contributed by atoms with Gasteiger partial charge in [-0.25, -0.2) is 0 Å². The van der Waals surface area contributed by atoms with Gasteiger partial charge in [0.05, 0.1) is 12.7 Å². The molecule has 1 unspecified atom stereocenters. The Morgan fingerprint density at radius 2 is 2.08 bits per heavy atom. The lowest BCUT2D eigenvalue weighted by molar-refractivity contribution is -0.0700. The topological polar surface area (TPSA) is 47.3 Å². The van der Waals surface area contributed by atoms with Gasteiger partial charge >= 0.3 is 0 Å². The van der Waals surface area contributed by atoms with Crippen molar-refractivity contribution in [1.82, 2.24) is 5.32 Å². The highest BCUT2D eigenvalue weighted by molar-refractivity contribution is 4.88. The van der Waals surface area contributed by atoms with Crippen molar-refractivity contribution >= 4 is 0 Å². The number of hydrogen-bond donors (Lipinski definition) is 2. The van der Waals surface area contributed by atoms with Crippen molar-refractivity contribution in [3.05, 3.63) is 0 Å². The second-order valence-corrected chi connectivity index (χ2v) is 4.46. The van der Waals surface area contributed by atoms with Crippen LogP contribution in [0.5, 0.6) is 0 Å². The van der Waals surface area contributed by atoms with Gasteiger partial charge in [-0.2, -0.15) is 0 Å². The van der Waals surface area contributed by atoms with Crippen LogP contribution in [0.25, 0.3) is 0 Å². The van der Waals surface area contributed by atoms with Gasteiger partial charge in [0.1, 0.15) is 0 Å². The van der Waals surface area contributed by atoms with Crippen LogP contribution in [-0.4, -0.2) is 32.3 Å². The molecule has 1 atom stereocenters. The number of ether oxygens (including phenoxy) is 1. The van der Waals surface area contributed by atoms with Gasteiger partial charge in [0.2, 0.25) is 0 Å². The molecule has 76 valence electrons. The van der Waals surface area contributed by atoms with Gasteiger partial charge in [-0.3, -0.25) is 0 Å². The maximum absolute atomic E-state index is 5.77. The summed E-state index contributed by atoms with van der Waals surface area (Å²) in [4.78, 5) is 0. The molecule has 1 spiro atoms. The van der Waals surface area contributed by atoms with Crippen LogP contribution < -0.4 is 11.1 Å². The van der Waals surface area contributed by atoms with Crippen molar-refractivity contribution in [2.45, 2.75) is 31.8 Å². The van der Waals surface area contributed by atoms with E-state index >= 15 is 0 Å². The van der Waals surface area contributed by atoms with Crippen LogP contribution in [-0.2, 0) is 4.74 Å². The van der Waals surface area contributed by atoms with E-state index in [-0.39, 0.29) is 0 Å². The summed E-state index contributed by atoms with van der Waals surface area (Å²) in [5.74, 6) is 0. The molecule has 3 heteroatoms. The molecular weight excluding hydrogens is 164 g/mol. The van der Waals surface area contributed by atoms with E-state index in [1.54, 1.807) is 0 Å². The van der Waals surface area contributed by atoms with E-state index in [4.69, 9.17) is 10.5 Å². The third-order valence-electron chi connectivity index (χ3n) is 3.55. The Labute approximate surface area is 80.0 Å². The van der Waals surface area contributed by atoms with Crippen molar-refractivity contribution in [2.75, 3.05) is 26.2 Å². The minimum atomic E-state index is 0.334. The maximum Gasteiger partial charge on any atom is 0.0697 e. The van der Waals surface area contributed by atoms with E-state index in [0.29, 0.717) is 18.1 Å². The third-order valence-corrected chi connectivity index (χ3v) is 3.55. The van der Waals surface area contributed by atoms with E-state index in [1.807, 2.05) is 0 Å². The summed E-state index contributed by atoms with van der Waals surface area (Å²) in [5.41, 5.74) is 6.08. The second-order valence-electron chi connectivity index (χ2n) is 4.46. The summed E-state index contributed by atoms with van der Waals surface area (Å²) in [5, 5.41) is 3.40. The molecule has 3 nitrogen and oxygen atoms in total. The third kappa shape index (κ3) is 2.03. The van der Waals surface area contributed by atoms with Crippen LogP contribution in [0.15, 0.2) is 0 Å². The Morgan fingerprint density at radius 3 is 2.62 bits per heavy atom. The molecule has 2 heterocycles. The summed E-state index contributed by atoms with van der Waals surface area (Å²) in [6.07, 6.45) is 5.38. The summed E-state index contributed by atoms with van der Waals surface area (Å²) in [6, 6.07) is 0. The van der Waals surface area contributed by atoms with Crippen LogP contribution in [0.1, 0.15) is 25.7 Å². The van der Waals surface area contributed by atoms with Crippen molar-refractivity contribution in [2.24, 2.45) is 11.1 Å². The molecule has 0 radical (unpaired) electrons. The normalized spacial score (nSPS) is 33.5. The number of piperidine rings is 1. The van der Waals surface area contributed by atoms with Crippen molar-refractivity contribution in [3.8, 4) is 0 Å². The van der Waals surface area contributed by atoms with E-state index in [0.717, 1.165) is 26.1 Å². The van der Waals surface area contributed by atoms with Crippen molar-refractivity contribution in [3.63, 3.8) is 0 Å². The molecule has 2 fully saturated rings. The average molecular weight is 184 g/mol. The molecule has 0 aromatic rings. The first kappa shape index (κ1) is 9.44. The van der Waals surface area contributed by atoms with Crippen LogP contribution in [0.2, 0.25) is 0 Å². The van der Waals surface area contributed by atoms with Crippen LogP contribution in [0, 0.1) is 5.41 Å². The lowest BCUT2D eigenvalue weighted by atomic mass is 9.74. The Balaban J connectivity index is 1.87. The number of nitrogens with two attached hydrogens (primary N) is 1. The van der Waals surface area contributed by atoms with E-state index in [1.165, 1.54) is 19.3 Å². The fourth-order valence-electron chi connectivity index (χ4n) is 2.45. The molecule has 0 aromatic heterocycles. The van der Waals surface area contributed by atoms with Gasteiger partial charge in [0, 0.05) is 6.54 Å². The minimum absolute atomic E-state index is 0.334. The predicted molar refractivity (Wildman–Crippen MR) is 52.6 cm³/mol. The second kappa shape index (κ2) is 3.95. The van der Waals surface area contributed by atoms with Gasteiger partial charge < -0.3 is 15.8 Å². The first-order chi connectivity index (χ1) is 6.35. The molecule has 0 aliphatic carbocycles. The fraction of sp³-hybridized carbons (Fsp3) is 1.00. The maximum atomic E-state index is 5.77. The molecule has 2 rings (SSSR count). The molecule has 2 saturated heterocycles. The minimum Gasteiger partial charge on any atom is -0.376 e. The quantitative estimate of drug-likeness (QED) is 0.623. The predicted octanol–water partition coefficient (Wildman–Crippen LogP) is 0.494. The number of nitrogens with one attached hydrogen (secondary N) is 1. The van der Waals surface area contributed by atoms with Gasteiger partial charge in [-0.05, 0) is 44.2 Å². The summed E-state index contributed by atoms with van der Waals surface area (Å²) < 4.78 is 5.77. The van der Waals surface area contributed by atoms with E-state index < -0.39 is 0 Å². The van der Waals surface area contributed by atoms with E-state index in [9.17, 15) is 0 Å². The SMILES string of the molecule is NCC1CCC2(CCNCC2)CO1. The zero-order chi connectivity index (χ0) is 9.15. The number of hydrogen-bond acceptors (Lipinski definition) is 3. The highest BCUT2D eigenvalue weighted by Crippen LogP contribution is 2.38. The lowest BCUT2D eigenvalue weighted by Crippen LogP contribution is -2.45. The van der Waals surface area contributed by atoms with Gasteiger partial charge in [-0.15, -0.1) is 0 Å². The first-order valence-electron chi connectivity index (χ1n) is 5.37. The van der Waals surface area contributed by atoms with Crippen LogP contribution >= 0.6 is 0 Å². The van der Waals surface area contributed by atoms with E-state index in [2.05, 4.69) is 5.32 Å². The standard InChI is InChI=1S/C10H20N2O/c11-7-9-1-2-10(8-13-9)3-5-12-6-4-10/h9,12H,1-8,11H2. The largest absolute Gasteiger partial charge is 0.376 e.